The van der Waals surface area contributed by atoms with Crippen LogP contribution in [0.2, 0.25) is 0 Å². The largest absolute Gasteiger partial charge is 0.448 e. The summed E-state index contributed by atoms with van der Waals surface area (Å²) in [5, 5.41) is 0. The van der Waals surface area contributed by atoms with Gasteiger partial charge in [-0.3, -0.25) is 28.9 Å². The Morgan fingerprint density at radius 1 is 0.519 bits per heavy atom. The molecule has 2 amide bonds. The van der Waals surface area contributed by atoms with E-state index in [0.717, 1.165) is 22.3 Å². The topological polar surface area (TPSA) is 124 Å². The molecule has 0 aromatic heterocycles. The van der Waals surface area contributed by atoms with Gasteiger partial charge in [-0.25, -0.2) is 4.79 Å². The van der Waals surface area contributed by atoms with Gasteiger partial charge in [-0.15, -0.1) is 0 Å². The average Bonchev–Trinajstić information content (AvgIpc) is 3.39. The zero-order chi connectivity index (χ0) is 37.1. The number of ether oxygens (including phenoxy) is 2. The number of rotatable bonds is 11. The lowest BCUT2D eigenvalue weighted by Gasteiger charge is -2.20. The summed E-state index contributed by atoms with van der Waals surface area (Å²) in [4.78, 5) is 81.7. The highest BCUT2D eigenvalue weighted by Crippen LogP contribution is 2.29. The highest BCUT2D eigenvalue weighted by atomic mass is 16.6. The van der Waals surface area contributed by atoms with Gasteiger partial charge in [0.2, 0.25) is 11.6 Å². The van der Waals surface area contributed by atoms with Gasteiger partial charge in [-0.05, 0) is 80.3 Å². The van der Waals surface area contributed by atoms with Crippen molar-refractivity contribution in [2.45, 2.75) is 39.9 Å². The van der Waals surface area contributed by atoms with Crippen LogP contribution >= 0.6 is 0 Å². The van der Waals surface area contributed by atoms with E-state index in [-0.39, 0.29) is 16.7 Å². The van der Waals surface area contributed by atoms with Gasteiger partial charge >= 0.3 is 11.9 Å². The number of benzene rings is 5. The smallest absolute Gasteiger partial charge is 0.339 e. The average molecular weight is 694 g/mol. The molecule has 9 heteroatoms. The Labute approximate surface area is 300 Å². The molecule has 2 atom stereocenters. The maximum atomic E-state index is 13.7. The fourth-order valence-electron chi connectivity index (χ4n) is 5.93. The number of carbonyl (C=O) groups excluding carboxylic acids is 6. The Hall–Kier alpha value is -6.48. The van der Waals surface area contributed by atoms with E-state index >= 15 is 0 Å². The molecule has 0 N–H and O–H groups in total. The highest BCUT2D eigenvalue weighted by molar-refractivity contribution is 6.23. The summed E-state index contributed by atoms with van der Waals surface area (Å²) in [6.45, 7) is 6.83. The molecule has 9 nitrogen and oxygen atoms in total. The molecule has 0 radical (unpaired) electrons. The van der Waals surface area contributed by atoms with Crippen molar-refractivity contribution < 1.29 is 38.2 Å². The molecule has 0 bridgehead atoms. The van der Waals surface area contributed by atoms with Gasteiger partial charge in [0, 0.05) is 22.3 Å². The van der Waals surface area contributed by atoms with Crippen molar-refractivity contribution >= 4 is 35.3 Å². The molecule has 1 aliphatic heterocycles. The quantitative estimate of drug-likeness (QED) is 0.0793. The van der Waals surface area contributed by atoms with Crippen molar-refractivity contribution in [2.75, 3.05) is 6.54 Å². The predicted molar refractivity (Wildman–Crippen MR) is 192 cm³/mol. The van der Waals surface area contributed by atoms with Crippen LogP contribution in [-0.2, 0) is 14.3 Å². The van der Waals surface area contributed by atoms with E-state index in [2.05, 4.69) is 0 Å². The minimum atomic E-state index is -1.32. The normalized spacial score (nSPS) is 13.3. The van der Waals surface area contributed by atoms with Gasteiger partial charge in [0.1, 0.15) is 6.54 Å². The van der Waals surface area contributed by atoms with Gasteiger partial charge in [-0.2, -0.15) is 0 Å². The molecule has 0 spiro atoms. The SMILES string of the molecule is Cc1ccc(C(=O)[C@@H](OC(=O)CN2C(=O)c3ccc(C(=O)O[C@H](C(=O)c4ccc(C)c(C)c4)c4ccccc4)cc3C2=O)c2ccccc2)cc1C. The highest BCUT2D eigenvalue weighted by Gasteiger charge is 2.39. The molecule has 0 aliphatic carbocycles. The number of carbonyl (C=O) groups is 6. The first-order valence-electron chi connectivity index (χ1n) is 16.7. The van der Waals surface area contributed by atoms with Gasteiger partial charge in [-0.1, -0.05) is 84.9 Å². The van der Waals surface area contributed by atoms with E-state index in [1.807, 2.05) is 33.8 Å². The summed E-state index contributed by atoms with van der Waals surface area (Å²) in [7, 11) is 0. The van der Waals surface area contributed by atoms with Crippen molar-refractivity contribution in [1.29, 1.82) is 0 Å². The Morgan fingerprint density at radius 3 is 1.48 bits per heavy atom. The summed E-state index contributed by atoms with van der Waals surface area (Å²) in [6.07, 6.45) is -2.60. The van der Waals surface area contributed by atoms with Gasteiger partial charge in [0.25, 0.3) is 11.8 Å². The summed E-state index contributed by atoms with van der Waals surface area (Å²) in [5.41, 5.74) is 5.18. The number of hydrogen-bond donors (Lipinski definition) is 0. The number of esters is 2. The molecule has 5 aromatic rings. The van der Waals surface area contributed by atoms with E-state index in [1.54, 1.807) is 91.0 Å². The fraction of sp³-hybridized carbons (Fsp3) is 0.163. The van der Waals surface area contributed by atoms with Crippen LogP contribution in [0.1, 0.15) is 97.4 Å². The zero-order valence-electron chi connectivity index (χ0n) is 29.0. The lowest BCUT2D eigenvalue weighted by atomic mass is 9.97. The molecular formula is C43H35NO8. The minimum absolute atomic E-state index is 0.0222. The number of ketones is 2. The molecule has 1 aliphatic rings. The van der Waals surface area contributed by atoms with Crippen LogP contribution in [-0.4, -0.2) is 46.8 Å². The molecular weight excluding hydrogens is 658 g/mol. The minimum Gasteiger partial charge on any atom is -0.448 e. The van der Waals surface area contributed by atoms with Crippen LogP contribution in [0, 0.1) is 27.7 Å². The van der Waals surface area contributed by atoms with Gasteiger partial charge in [0.15, 0.2) is 12.2 Å². The number of aryl methyl sites for hydroxylation is 4. The van der Waals surface area contributed by atoms with E-state index < -0.39 is 54.1 Å². The first kappa shape index (κ1) is 35.3. The molecule has 260 valence electrons. The van der Waals surface area contributed by atoms with Gasteiger partial charge < -0.3 is 9.47 Å². The van der Waals surface area contributed by atoms with E-state index in [9.17, 15) is 28.8 Å². The van der Waals surface area contributed by atoms with Crippen molar-refractivity contribution in [1.82, 2.24) is 4.90 Å². The molecule has 0 unspecified atom stereocenters. The van der Waals surface area contributed by atoms with Crippen LogP contribution in [0.4, 0.5) is 0 Å². The zero-order valence-corrected chi connectivity index (χ0v) is 29.0. The van der Waals surface area contributed by atoms with Crippen LogP contribution in [0.25, 0.3) is 0 Å². The number of Topliss-reactive ketones (excluding diaryl/α,β-unsaturated/α-hetero) is 2. The Morgan fingerprint density at radius 2 is 0.981 bits per heavy atom. The standard InChI is InChI=1S/C43H35NO8/c1-25-15-17-31(21-27(25)3)37(46)39(29-11-7-5-8-12-29)51-36(45)24-44-41(48)34-20-19-33(23-35(34)42(44)49)43(50)52-40(30-13-9-6-10-14-30)38(47)32-18-16-26(2)28(4)22-32/h5-23,39-40H,24H2,1-4H3/t39-,40-/m0/s1. The van der Waals surface area contributed by atoms with Crippen LogP contribution in [0.3, 0.4) is 0 Å². The molecule has 0 fully saturated rings. The second kappa shape index (κ2) is 14.8. The second-order valence-electron chi connectivity index (χ2n) is 12.8. The van der Waals surface area contributed by atoms with E-state index in [1.165, 1.54) is 18.2 Å². The lowest BCUT2D eigenvalue weighted by Crippen LogP contribution is -2.36. The maximum Gasteiger partial charge on any atom is 0.339 e. The molecule has 5 aromatic carbocycles. The maximum absolute atomic E-state index is 13.7. The van der Waals surface area contributed by atoms with Crippen molar-refractivity contribution in [3.63, 3.8) is 0 Å². The van der Waals surface area contributed by atoms with Crippen molar-refractivity contribution in [3.05, 3.63) is 176 Å². The molecule has 1 heterocycles. The molecule has 52 heavy (non-hydrogen) atoms. The number of hydrogen-bond acceptors (Lipinski definition) is 8. The Balaban J connectivity index is 1.20. The number of amides is 2. The fourth-order valence-corrected chi connectivity index (χ4v) is 5.93. The lowest BCUT2D eigenvalue weighted by molar-refractivity contribution is -0.147. The summed E-state index contributed by atoms with van der Waals surface area (Å²) < 4.78 is 11.4. The summed E-state index contributed by atoms with van der Waals surface area (Å²) in [6, 6.07) is 31.3. The van der Waals surface area contributed by atoms with E-state index in [0.29, 0.717) is 27.2 Å². The third kappa shape index (κ3) is 7.20. The Bertz CT molecular complexity index is 2240. The second-order valence-corrected chi connectivity index (χ2v) is 12.8. The Kier molecular flexibility index (Phi) is 10.1. The molecule has 6 rings (SSSR count). The van der Waals surface area contributed by atoms with Crippen LogP contribution in [0.15, 0.2) is 115 Å². The number of imide groups is 1. The number of fused-ring (bicyclic) bond motifs is 1. The first-order chi connectivity index (χ1) is 24.9. The third-order valence-corrected chi connectivity index (χ3v) is 9.23. The molecule has 0 saturated carbocycles. The summed E-state index contributed by atoms with van der Waals surface area (Å²) in [5.74, 6) is -4.34. The first-order valence-corrected chi connectivity index (χ1v) is 16.7. The predicted octanol–water partition coefficient (Wildman–Crippen LogP) is 7.46. The monoisotopic (exact) mass is 693 g/mol. The third-order valence-electron chi connectivity index (χ3n) is 9.23. The van der Waals surface area contributed by atoms with Crippen LogP contribution in [0.5, 0.6) is 0 Å². The van der Waals surface area contributed by atoms with Gasteiger partial charge in [0.05, 0.1) is 16.7 Å². The molecule has 0 saturated heterocycles. The number of nitrogens with zero attached hydrogens (tertiary/aromatic N) is 1. The van der Waals surface area contributed by atoms with Crippen molar-refractivity contribution in [2.24, 2.45) is 0 Å². The summed E-state index contributed by atoms with van der Waals surface area (Å²) >= 11 is 0. The van der Waals surface area contributed by atoms with Crippen LogP contribution < -0.4 is 0 Å². The van der Waals surface area contributed by atoms with Crippen molar-refractivity contribution in [3.8, 4) is 0 Å². The van der Waals surface area contributed by atoms with E-state index in [4.69, 9.17) is 9.47 Å².